The lowest BCUT2D eigenvalue weighted by atomic mass is 10.0. The molecular formula is C27H26N6O. The van der Waals surface area contributed by atoms with E-state index in [2.05, 4.69) is 56.3 Å². The molecule has 7 nitrogen and oxygen atoms in total. The first kappa shape index (κ1) is 20.7. The van der Waals surface area contributed by atoms with Gasteiger partial charge in [0.15, 0.2) is 5.78 Å². The smallest absolute Gasteiger partial charge is 0.171 e. The molecule has 0 radical (unpaired) electrons. The normalized spacial score (nSPS) is 15.3. The molecule has 1 aliphatic rings. The van der Waals surface area contributed by atoms with Gasteiger partial charge in [-0.2, -0.15) is 5.10 Å². The van der Waals surface area contributed by atoms with Crippen molar-refractivity contribution in [1.82, 2.24) is 29.6 Å². The molecule has 0 unspecified atom stereocenters. The van der Waals surface area contributed by atoms with E-state index in [-0.39, 0.29) is 12.2 Å². The summed E-state index contributed by atoms with van der Waals surface area (Å²) in [6.45, 7) is 2.12. The Bertz CT molecular complexity index is 1490. The second-order valence-corrected chi connectivity index (χ2v) is 9.22. The standard InChI is InChI=1S/C27H26N6O/c1-32-8-5-25(6-9-32)33-17-23(16-31-33)26(34)13-24-12-21-10-18(2-3-20(21)14-29-24)22-11-19-4-7-28-27(19)30-15-22/h2-4,7,10-12,14-17,25H,5-6,8-9,13H2,1H3,(H,28,30). The number of H-pyrrole nitrogens is 1. The van der Waals surface area contributed by atoms with Gasteiger partial charge in [0.05, 0.1) is 24.2 Å². The molecule has 1 saturated heterocycles. The van der Waals surface area contributed by atoms with E-state index in [9.17, 15) is 4.79 Å². The van der Waals surface area contributed by atoms with Crippen molar-refractivity contribution in [3.05, 3.63) is 78.6 Å². The zero-order valence-electron chi connectivity index (χ0n) is 19.1. The Balaban J connectivity index is 1.22. The Hall–Kier alpha value is -3.84. The van der Waals surface area contributed by atoms with Crippen LogP contribution in [0.4, 0.5) is 0 Å². The summed E-state index contributed by atoms with van der Waals surface area (Å²) in [4.78, 5) is 27.5. The quantitative estimate of drug-likeness (QED) is 0.394. The number of benzene rings is 1. The number of aromatic amines is 1. The topological polar surface area (TPSA) is 79.7 Å². The van der Waals surface area contributed by atoms with Crippen LogP contribution >= 0.6 is 0 Å². The number of Topliss-reactive ketones (excluding diaryl/α,β-unsaturated/α-hetero) is 1. The molecule has 5 aromatic rings. The Morgan fingerprint density at radius 2 is 1.82 bits per heavy atom. The zero-order valence-corrected chi connectivity index (χ0v) is 19.1. The van der Waals surface area contributed by atoms with E-state index >= 15 is 0 Å². The van der Waals surface area contributed by atoms with E-state index < -0.39 is 0 Å². The molecule has 0 amide bonds. The van der Waals surface area contributed by atoms with Gasteiger partial charge in [-0.15, -0.1) is 0 Å². The minimum atomic E-state index is 0.0456. The minimum absolute atomic E-state index is 0.0456. The summed E-state index contributed by atoms with van der Waals surface area (Å²) in [5, 5.41) is 7.68. The monoisotopic (exact) mass is 450 g/mol. The first-order valence-electron chi connectivity index (χ1n) is 11.7. The number of carbonyl (C=O) groups excluding carboxylic acids is 1. The molecule has 1 aromatic carbocycles. The maximum absolute atomic E-state index is 13.0. The molecule has 6 rings (SSSR count). The van der Waals surface area contributed by atoms with Crippen LogP contribution in [0, 0.1) is 0 Å². The fraction of sp³-hybridized carbons (Fsp3) is 0.259. The van der Waals surface area contributed by atoms with Crippen molar-refractivity contribution in [2.24, 2.45) is 0 Å². The summed E-state index contributed by atoms with van der Waals surface area (Å²) in [6.07, 6.45) is 11.6. The highest BCUT2D eigenvalue weighted by Crippen LogP contribution is 2.27. The lowest BCUT2D eigenvalue weighted by Gasteiger charge is -2.28. The number of hydrogen-bond donors (Lipinski definition) is 1. The Morgan fingerprint density at radius 3 is 2.71 bits per heavy atom. The summed E-state index contributed by atoms with van der Waals surface area (Å²) in [6, 6.07) is 12.8. The van der Waals surface area contributed by atoms with Crippen molar-refractivity contribution in [3.63, 3.8) is 0 Å². The van der Waals surface area contributed by atoms with Gasteiger partial charge in [0, 0.05) is 46.8 Å². The van der Waals surface area contributed by atoms with Crippen molar-refractivity contribution < 1.29 is 4.79 Å². The van der Waals surface area contributed by atoms with E-state index in [0.29, 0.717) is 11.6 Å². The molecule has 1 fully saturated rings. The number of nitrogens with zero attached hydrogens (tertiary/aromatic N) is 5. The molecule has 1 N–H and O–H groups in total. The lowest BCUT2D eigenvalue weighted by Crippen LogP contribution is -2.31. The van der Waals surface area contributed by atoms with Crippen molar-refractivity contribution in [2.75, 3.05) is 20.1 Å². The highest BCUT2D eigenvalue weighted by molar-refractivity contribution is 5.97. The van der Waals surface area contributed by atoms with Gasteiger partial charge in [-0.05, 0) is 68.2 Å². The predicted molar refractivity (Wildman–Crippen MR) is 133 cm³/mol. The molecular weight excluding hydrogens is 424 g/mol. The number of nitrogens with one attached hydrogen (secondary N) is 1. The molecule has 0 atom stereocenters. The van der Waals surface area contributed by atoms with Crippen molar-refractivity contribution >= 4 is 27.6 Å². The molecule has 170 valence electrons. The fourth-order valence-corrected chi connectivity index (χ4v) is 4.77. The van der Waals surface area contributed by atoms with Crippen LogP contribution in [0.3, 0.4) is 0 Å². The van der Waals surface area contributed by atoms with Gasteiger partial charge in [0.25, 0.3) is 0 Å². The van der Waals surface area contributed by atoms with E-state index in [0.717, 1.165) is 64.6 Å². The molecule has 0 saturated carbocycles. The van der Waals surface area contributed by atoms with Gasteiger partial charge in [-0.3, -0.25) is 14.5 Å². The van der Waals surface area contributed by atoms with Gasteiger partial charge in [0.1, 0.15) is 5.65 Å². The number of ketones is 1. The largest absolute Gasteiger partial charge is 0.346 e. The molecule has 0 spiro atoms. The van der Waals surface area contributed by atoms with Crippen molar-refractivity contribution in [3.8, 4) is 11.1 Å². The number of hydrogen-bond acceptors (Lipinski definition) is 5. The van der Waals surface area contributed by atoms with Crippen LogP contribution in [-0.2, 0) is 6.42 Å². The average molecular weight is 451 g/mol. The molecule has 0 aliphatic carbocycles. The number of fused-ring (bicyclic) bond motifs is 2. The lowest BCUT2D eigenvalue weighted by molar-refractivity contribution is 0.0991. The molecule has 0 bridgehead atoms. The SMILES string of the molecule is CN1CCC(n2cc(C(=O)Cc3cc4cc(-c5cnc6[nH]ccc6c5)ccc4cn3)cn2)CC1. The van der Waals surface area contributed by atoms with Gasteiger partial charge in [0.2, 0.25) is 0 Å². The second-order valence-electron chi connectivity index (χ2n) is 9.22. The van der Waals surface area contributed by atoms with E-state index in [1.165, 1.54) is 0 Å². The molecule has 4 aromatic heterocycles. The molecule has 7 heteroatoms. The highest BCUT2D eigenvalue weighted by atomic mass is 16.1. The highest BCUT2D eigenvalue weighted by Gasteiger charge is 2.20. The van der Waals surface area contributed by atoms with Crippen LogP contribution in [-0.4, -0.2) is 55.6 Å². The van der Waals surface area contributed by atoms with Crippen LogP contribution in [0.5, 0.6) is 0 Å². The van der Waals surface area contributed by atoms with Crippen LogP contribution in [0.2, 0.25) is 0 Å². The van der Waals surface area contributed by atoms with Crippen LogP contribution in [0.25, 0.3) is 32.9 Å². The zero-order chi connectivity index (χ0) is 23.1. The van der Waals surface area contributed by atoms with Gasteiger partial charge >= 0.3 is 0 Å². The Labute approximate surface area is 197 Å². The summed E-state index contributed by atoms with van der Waals surface area (Å²) < 4.78 is 1.97. The number of aromatic nitrogens is 5. The summed E-state index contributed by atoms with van der Waals surface area (Å²) >= 11 is 0. The number of likely N-dealkylation sites (tertiary alicyclic amines) is 1. The molecule has 34 heavy (non-hydrogen) atoms. The van der Waals surface area contributed by atoms with Crippen molar-refractivity contribution in [1.29, 1.82) is 0 Å². The summed E-state index contributed by atoms with van der Waals surface area (Å²) in [5.74, 6) is 0.0456. The summed E-state index contributed by atoms with van der Waals surface area (Å²) in [7, 11) is 2.14. The first-order valence-corrected chi connectivity index (χ1v) is 11.7. The summed E-state index contributed by atoms with van der Waals surface area (Å²) in [5.41, 5.74) is 4.45. The number of piperidine rings is 1. The van der Waals surface area contributed by atoms with E-state index in [1.807, 2.05) is 41.6 Å². The van der Waals surface area contributed by atoms with Gasteiger partial charge in [-0.25, -0.2) is 4.98 Å². The predicted octanol–water partition coefficient (Wildman–Crippen LogP) is 4.67. The molecule has 5 heterocycles. The maximum atomic E-state index is 13.0. The van der Waals surface area contributed by atoms with Crippen LogP contribution < -0.4 is 0 Å². The second kappa shape index (κ2) is 8.50. The third kappa shape index (κ3) is 3.99. The third-order valence-corrected chi connectivity index (χ3v) is 6.84. The van der Waals surface area contributed by atoms with Crippen LogP contribution in [0.1, 0.15) is 34.9 Å². The third-order valence-electron chi connectivity index (χ3n) is 6.84. The van der Waals surface area contributed by atoms with E-state index in [4.69, 9.17) is 0 Å². The fourth-order valence-electron chi connectivity index (χ4n) is 4.77. The van der Waals surface area contributed by atoms with Crippen LogP contribution in [0.15, 0.2) is 67.4 Å². The first-order chi connectivity index (χ1) is 16.6. The van der Waals surface area contributed by atoms with Gasteiger partial charge < -0.3 is 9.88 Å². The average Bonchev–Trinajstić information content (AvgIpc) is 3.54. The van der Waals surface area contributed by atoms with Crippen molar-refractivity contribution in [2.45, 2.75) is 25.3 Å². The number of rotatable bonds is 5. The Kier molecular flexibility index (Phi) is 5.19. The number of pyridine rings is 2. The molecule has 1 aliphatic heterocycles. The minimum Gasteiger partial charge on any atom is -0.346 e. The Morgan fingerprint density at radius 1 is 0.971 bits per heavy atom. The van der Waals surface area contributed by atoms with E-state index in [1.54, 1.807) is 6.20 Å². The van der Waals surface area contributed by atoms with Gasteiger partial charge in [-0.1, -0.05) is 12.1 Å². The maximum Gasteiger partial charge on any atom is 0.171 e. The number of carbonyl (C=O) groups is 1.